The van der Waals surface area contributed by atoms with Crippen LogP contribution in [0.15, 0.2) is 0 Å². The molecule has 1 N–H and O–H groups in total. The number of rotatable bonds is 4. The van der Waals surface area contributed by atoms with Crippen LogP contribution < -0.4 is 0 Å². The molecule has 1 saturated heterocycles. The molecule has 2 heterocycles. The second kappa shape index (κ2) is 4.90. The second-order valence-corrected chi connectivity index (χ2v) is 5.34. The van der Waals surface area contributed by atoms with Gasteiger partial charge >= 0.3 is 5.97 Å². The first-order valence-corrected chi connectivity index (χ1v) is 6.62. The molecule has 2 aliphatic rings. The molecule has 1 atom stereocenters. The third-order valence-corrected chi connectivity index (χ3v) is 3.66. The number of carbonyl (C=O) groups is 1. The average molecular weight is 266 g/mol. The van der Waals surface area contributed by atoms with E-state index in [-0.39, 0.29) is 11.8 Å². The molecule has 1 aliphatic carbocycles. The highest BCUT2D eigenvalue weighted by molar-refractivity contribution is 5.86. The first-order valence-electron chi connectivity index (χ1n) is 6.62. The van der Waals surface area contributed by atoms with Crippen molar-refractivity contribution in [2.75, 3.05) is 26.7 Å². The Kier molecular flexibility index (Phi) is 3.24. The van der Waals surface area contributed by atoms with Crippen LogP contribution in [0, 0.1) is 0 Å². The van der Waals surface area contributed by atoms with Crippen LogP contribution >= 0.6 is 0 Å². The van der Waals surface area contributed by atoms with Crippen molar-refractivity contribution in [3.05, 3.63) is 11.4 Å². The molecule has 1 aromatic rings. The van der Waals surface area contributed by atoms with Gasteiger partial charge in [-0.1, -0.05) is 5.21 Å². The van der Waals surface area contributed by atoms with Gasteiger partial charge in [0.15, 0.2) is 5.69 Å². The van der Waals surface area contributed by atoms with Crippen molar-refractivity contribution >= 4 is 5.97 Å². The molecule has 0 amide bonds. The SMILES string of the molecule is CN1CCOC(Cn2nnc(C(=O)O)c2C2CC2)C1. The van der Waals surface area contributed by atoms with Gasteiger partial charge in [-0.3, -0.25) is 0 Å². The fourth-order valence-electron chi connectivity index (χ4n) is 2.54. The molecule has 1 aromatic heterocycles. The van der Waals surface area contributed by atoms with Crippen LogP contribution in [-0.4, -0.2) is 63.8 Å². The first-order chi connectivity index (χ1) is 9.15. The van der Waals surface area contributed by atoms with Crippen LogP contribution in [0.1, 0.15) is 34.9 Å². The molecule has 1 unspecified atom stereocenters. The molecule has 19 heavy (non-hydrogen) atoms. The molecule has 1 aliphatic heterocycles. The predicted molar refractivity (Wildman–Crippen MR) is 66.2 cm³/mol. The van der Waals surface area contributed by atoms with Crippen LogP contribution in [0.4, 0.5) is 0 Å². The lowest BCUT2D eigenvalue weighted by atomic mass is 10.2. The summed E-state index contributed by atoms with van der Waals surface area (Å²) in [5.74, 6) is -0.683. The zero-order chi connectivity index (χ0) is 13.4. The summed E-state index contributed by atoms with van der Waals surface area (Å²) in [4.78, 5) is 13.4. The van der Waals surface area contributed by atoms with Crippen LogP contribution in [0.25, 0.3) is 0 Å². The highest BCUT2D eigenvalue weighted by Gasteiger charge is 2.34. The molecular weight excluding hydrogens is 248 g/mol. The van der Waals surface area contributed by atoms with Gasteiger partial charge in [0.2, 0.25) is 0 Å². The minimum absolute atomic E-state index is 0.0552. The quantitative estimate of drug-likeness (QED) is 0.837. The van der Waals surface area contributed by atoms with Crippen molar-refractivity contribution in [3.8, 4) is 0 Å². The Bertz CT molecular complexity index is 483. The van der Waals surface area contributed by atoms with E-state index in [1.807, 2.05) is 0 Å². The van der Waals surface area contributed by atoms with Crippen molar-refractivity contribution in [1.82, 2.24) is 19.9 Å². The van der Waals surface area contributed by atoms with Gasteiger partial charge in [-0.25, -0.2) is 9.48 Å². The van der Waals surface area contributed by atoms with Crippen molar-refractivity contribution in [2.45, 2.75) is 31.4 Å². The summed E-state index contributed by atoms with van der Waals surface area (Å²) >= 11 is 0. The molecule has 7 heteroatoms. The summed E-state index contributed by atoms with van der Waals surface area (Å²) in [6.07, 6.45) is 2.11. The van der Waals surface area contributed by atoms with Gasteiger partial charge in [0.1, 0.15) is 0 Å². The number of carboxylic acids is 1. The Hall–Kier alpha value is -1.47. The molecular formula is C12H18N4O3. The predicted octanol–water partition coefficient (Wildman–Crippen LogP) is 0.184. The average Bonchev–Trinajstić information content (AvgIpc) is 3.11. The normalized spacial score (nSPS) is 24.6. The Morgan fingerprint density at radius 3 is 2.95 bits per heavy atom. The van der Waals surface area contributed by atoms with Crippen molar-refractivity contribution in [2.24, 2.45) is 0 Å². The number of aromatic carboxylic acids is 1. The third-order valence-electron chi connectivity index (χ3n) is 3.66. The second-order valence-electron chi connectivity index (χ2n) is 5.34. The number of morpholine rings is 1. The number of nitrogens with zero attached hydrogens (tertiary/aromatic N) is 4. The third kappa shape index (κ3) is 2.62. The van der Waals surface area contributed by atoms with E-state index in [0.717, 1.165) is 31.6 Å². The Morgan fingerprint density at radius 2 is 2.32 bits per heavy atom. The smallest absolute Gasteiger partial charge is 0.358 e. The zero-order valence-electron chi connectivity index (χ0n) is 10.9. The number of hydrogen-bond acceptors (Lipinski definition) is 5. The van der Waals surface area contributed by atoms with Crippen molar-refractivity contribution in [3.63, 3.8) is 0 Å². The van der Waals surface area contributed by atoms with Gasteiger partial charge in [0, 0.05) is 19.0 Å². The van der Waals surface area contributed by atoms with E-state index in [4.69, 9.17) is 9.84 Å². The largest absolute Gasteiger partial charge is 0.476 e. The number of ether oxygens (including phenoxy) is 1. The van der Waals surface area contributed by atoms with Crippen LogP contribution in [0.2, 0.25) is 0 Å². The highest BCUT2D eigenvalue weighted by Crippen LogP contribution is 2.41. The summed E-state index contributed by atoms with van der Waals surface area (Å²) in [5.41, 5.74) is 0.871. The van der Waals surface area contributed by atoms with E-state index in [1.54, 1.807) is 4.68 Å². The Balaban J connectivity index is 1.78. The molecule has 1 saturated carbocycles. The molecule has 104 valence electrons. The van der Waals surface area contributed by atoms with Gasteiger partial charge in [-0.05, 0) is 19.9 Å². The van der Waals surface area contributed by atoms with Crippen LogP contribution in [0.5, 0.6) is 0 Å². The molecule has 3 rings (SSSR count). The van der Waals surface area contributed by atoms with E-state index in [1.165, 1.54) is 0 Å². The minimum Gasteiger partial charge on any atom is -0.476 e. The molecule has 0 radical (unpaired) electrons. The van der Waals surface area contributed by atoms with Crippen molar-refractivity contribution < 1.29 is 14.6 Å². The number of aromatic nitrogens is 3. The van der Waals surface area contributed by atoms with Crippen molar-refractivity contribution in [1.29, 1.82) is 0 Å². The van der Waals surface area contributed by atoms with Gasteiger partial charge in [-0.15, -0.1) is 5.10 Å². The molecule has 0 spiro atoms. The minimum atomic E-state index is -0.991. The van der Waals surface area contributed by atoms with E-state index in [0.29, 0.717) is 19.1 Å². The monoisotopic (exact) mass is 266 g/mol. The lowest BCUT2D eigenvalue weighted by molar-refractivity contribution is -0.0296. The lowest BCUT2D eigenvalue weighted by Crippen LogP contribution is -2.42. The lowest BCUT2D eigenvalue weighted by Gasteiger charge is -2.30. The maximum absolute atomic E-state index is 11.2. The number of hydrogen-bond donors (Lipinski definition) is 1. The van der Waals surface area contributed by atoms with Gasteiger partial charge in [-0.2, -0.15) is 0 Å². The fraction of sp³-hybridized carbons (Fsp3) is 0.750. The van der Waals surface area contributed by atoms with E-state index in [9.17, 15) is 4.79 Å². The van der Waals surface area contributed by atoms with E-state index < -0.39 is 5.97 Å². The summed E-state index contributed by atoms with van der Waals surface area (Å²) < 4.78 is 7.43. The number of carboxylic acid groups (broad SMARTS) is 1. The Morgan fingerprint density at radius 1 is 1.53 bits per heavy atom. The zero-order valence-corrected chi connectivity index (χ0v) is 10.9. The summed E-state index contributed by atoms with van der Waals surface area (Å²) in [6, 6.07) is 0. The first kappa shape index (κ1) is 12.6. The topological polar surface area (TPSA) is 80.5 Å². The van der Waals surface area contributed by atoms with Crippen LogP contribution in [0.3, 0.4) is 0 Å². The molecule has 7 nitrogen and oxygen atoms in total. The van der Waals surface area contributed by atoms with Gasteiger partial charge in [0.05, 0.1) is 24.9 Å². The fourth-order valence-corrected chi connectivity index (χ4v) is 2.54. The summed E-state index contributed by atoms with van der Waals surface area (Å²) in [7, 11) is 2.06. The summed E-state index contributed by atoms with van der Waals surface area (Å²) in [5, 5.41) is 17.0. The molecule has 0 aromatic carbocycles. The van der Waals surface area contributed by atoms with E-state index in [2.05, 4.69) is 22.3 Å². The van der Waals surface area contributed by atoms with Gasteiger partial charge < -0.3 is 14.7 Å². The number of likely N-dealkylation sites (N-methyl/N-ethyl adjacent to an activating group) is 1. The van der Waals surface area contributed by atoms with Gasteiger partial charge in [0.25, 0.3) is 0 Å². The van der Waals surface area contributed by atoms with Crippen LogP contribution in [-0.2, 0) is 11.3 Å². The van der Waals surface area contributed by atoms with E-state index >= 15 is 0 Å². The maximum Gasteiger partial charge on any atom is 0.358 e. The summed E-state index contributed by atoms with van der Waals surface area (Å²) in [6.45, 7) is 3.06. The maximum atomic E-state index is 11.2. The molecule has 2 fully saturated rings. The standard InChI is InChI=1S/C12H18N4O3/c1-15-4-5-19-9(6-15)7-16-11(8-2-3-8)10(12(17)18)13-14-16/h8-9H,2-7H2,1H3,(H,17,18). The molecule has 0 bridgehead atoms. The highest BCUT2D eigenvalue weighted by atomic mass is 16.5. The Labute approximate surface area is 111 Å².